The first-order valence-corrected chi connectivity index (χ1v) is 5.06. The van der Waals surface area contributed by atoms with Crippen LogP contribution >= 0.6 is 0 Å². The van der Waals surface area contributed by atoms with Gasteiger partial charge in [0.25, 0.3) is 0 Å². The van der Waals surface area contributed by atoms with E-state index in [2.05, 4.69) is 12.8 Å². The Morgan fingerprint density at radius 2 is 2.23 bits per heavy atom. The van der Waals surface area contributed by atoms with E-state index in [1.165, 1.54) is 30.4 Å². The highest BCUT2D eigenvalue weighted by atomic mass is 16.3. The third-order valence-corrected chi connectivity index (χ3v) is 3.65. The molecule has 1 unspecified atom stereocenters. The Labute approximate surface area is 79.8 Å². The zero-order valence-corrected chi connectivity index (χ0v) is 8.09. The van der Waals surface area contributed by atoms with Gasteiger partial charge in [0.1, 0.15) is 6.10 Å². The van der Waals surface area contributed by atoms with Crippen molar-refractivity contribution in [2.75, 3.05) is 0 Å². The molecule has 0 aliphatic heterocycles. The normalized spacial score (nSPS) is 33.6. The van der Waals surface area contributed by atoms with Crippen LogP contribution in [0.2, 0.25) is 0 Å². The Hall–Kier alpha value is -0.740. The van der Waals surface area contributed by atoms with E-state index in [-0.39, 0.29) is 0 Å². The average Bonchev–Trinajstić information content (AvgIpc) is 2.69. The molecule has 70 valence electrons. The van der Waals surface area contributed by atoms with Gasteiger partial charge in [-0.3, -0.25) is 0 Å². The van der Waals surface area contributed by atoms with Crippen LogP contribution in [0.5, 0.6) is 0 Å². The quantitative estimate of drug-likeness (QED) is 0.504. The number of aliphatic hydroxyl groups excluding tert-OH is 1. The molecule has 0 aromatic carbocycles. The lowest BCUT2D eigenvalue weighted by atomic mass is 9.89. The number of aliphatic hydroxyl groups is 1. The van der Waals surface area contributed by atoms with E-state index in [0.29, 0.717) is 6.42 Å². The van der Waals surface area contributed by atoms with Gasteiger partial charge >= 0.3 is 0 Å². The number of hydrogen-bond donors (Lipinski definition) is 1. The molecule has 1 N–H and O–H groups in total. The van der Waals surface area contributed by atoms with Crippen LogP contribution in [0.1, 0.15) is 32.6 Å². The molecule has 2 rings (SSSR count). The van der Waals surface area contributed by atoms with Crippen molar-refractivity contribution in [3.8, 4) is 12.3 Å². The van der Waals surface area contributed by atoms with E-state index in [0.717, 1.165) is 11.8 Å². The molecular formula is C12H16O. The summed E-state index contributed by atoms with van der Waals surface area (Å²) >= 11 is 0. The molecule has 0 radical (unpaired) electrons. The third kappa shape index (κ3) is 1.40. The van der Waals surface area contributed by atoms with Gasteiger partial charge in [-0.1, -0.05) is 17.1 Å². The summed E-state index contributed by atoms with van der Waals surface area (Å²) in [6, 6.07) is 0. The van der Waals surface area contributed by atoms with Crippen molar-refractivity contribution in [1.82, 2.24) is 0 Å². The molecule has 0 amide bonds. The molecule has 1 fully saturated rings. The summed E-state index contributed by atoms with van der Waals surface area (Å²) in [5, 5.41) is 9.39. The monoisotopic (exact) mass is 176 g/mol. The van der Waals surface area contributed by atoms with Gasteiger partial charge in [-0.2, -0.15) is 0 Å². The summed E-state index contributed by atoms with van der Waals surface area (Å²) in [5.74, 6) is 3.95. The average molecular weight is 176 g/mol. The Kier molecular flexibility index (Phi) is 2.17. The topological polar surface area (TPSA) is 20.2 Å². The van der Waals surface area contributed by atoms with E-state index in [4.69, 9.17) is 6.42 Å². The standard InChI is InChI=1S/C12H16O/c1-3-11(13)7-12-8(2)9-4-5-10(12)6-9/h1,9-11,13H,4-7H2,2H3/t9-,10+,11?/m0/s1. The first kappa shape index (κ1) is 8.84. The lowest BCUT2D eigenvalue weighted by Gasteiger charge is -2.18. The maximum absolute atomic E-state index is 9.39. The molecule has 1 saturated carbocycles. The lowest BCUT2D eigenvalue weighted by Crippen LogP contribution is -2.10. The van der Waals surface area contributed by atoms with Crippen LogP contribution in [0.4, 0.5) is 0 Å². The first-order valence-electron chi connectivity index (χ1n) is 5.06. The number of terminal acetylenes is 1. The number of hydrogen-bond acceptors (Lipinski definition) is 1. The van der Waals surface area contributed by atoms with Crippen LogP contribution < -0.4 is 0 Å². The molecule has 1 nitrogen and oxygen atoms in total. The predicted octanol–water partition coefficient (Wildman–Crippen LogP) is 2.12. The lowest BCUT2D eigenvalue weighted by molar-refractivity contribution is 0.229. The second kappa shape index (κ2) is 3.20. The smallest absolute Gasteiger partial charge is 0.118 e. The summed E-state index contributed by atoms with van der Waals surface area (Å²) in [7, 11) is 0. The van der Waals surface area contributed by atoms with Gasteiger partial charge in [0.2, 0.25) is 0 Å². The second-order valence-electron chi connectivity index (χ2n) is 4.30. The highest BCUT2D eigenvalue weighted by molar-refractivity contribution is 5.29. The van der Waals surface area contributed by atoms with Gasteiger partial charge in [-0.25, -0.2) is 0 Å². The van der Waals surface area contributed by atoms with Crippen molar-refractivity contribution in [1.29, 1.82) is 0 Å². The van der Waals surface area contributed by atoms with E-state index < -0.39 is 6.10 Å². The van der Waals surface area contributed by atoms with Gasteiger partial charge in [0.05, 0.1) is 0 Å². The first-order chi connectivity index (χ1) is 6.22. The fourth-order valence-corrected chi connectivity index (χ4v) is 2.87. The van der Waals surface area contributed by atoms with E-state index in [1.54, 1.807) is 0 Å². The Morgan fingerprint density at radius 1 is 1.54 bits per heavy atom. The summed E-state index contributed by atoms with van der Waals surface area (Å²) in [4.78, 5) is 0. The zero-order chi connectivity index (χ0) is 9.42. The Bertz CT molecular complexity index is 282. The fourth-order valence-electron chi connectivity index (χ4n) is 2.87. The van der Waals surface area contributed by atoms with Gasteiger partial charge in [0.15, 0.2) is 0 Å². The van der Waals surface area contributed by atoms with Crippen LogP contribution in [-0.4, -0.2) is 11.2 Å². The van der Waals surface area contributed by atoms with Crippen LogP contribution in [0, 0.1) is 24.2 Å². The predicted molar refractivity (Wildman–Crippen MR) is 53.0 cm³/mol. The molecule has 0 aromatic rings. The van der Waals surface area contributed by atoms with Crippen LogP contribution in [0.25, 0.3) is 0 Å². The molecule has 2 bridgehead atoms. The van der Waals surface area contributed by atoms with Crippen molar-refractivity contribution in [3.63, 3.8) is 0 Å². The summed E-state index contributed by atoms with van der Waals surface area (Å²) < 4.78 is 0. The largest absolute Gasteiger partial charge is 0.380 e. The molecule has 2 aliphatic rings. The van der Waals surface area contributed by atoms with Gasteiger partial charge in [0, 0.05) is 6.42 Å². The SMILES string of the molecule is C#CC(O)CC1=C(C)[C@H]2CC[C@@H]1C2. The van der Waals surface area contributed by atoms with Crippen molar-refractivity contribution >= 4 is 0 Å². The summed E-state index contributed by atoms with van der Waals surface area (Å²) in [6.07, 6.45) is 9.30. The highest BCUT2D eigenvalue weighted by Gasteiger charge is 2.36. The molecule has 1 heteroatoms. The minimum absolute atomic E-state index is 0.565. The zero-order valence-electron chi connectivity index (χ0n) is 8.09. The summed E-state index contributed by atoms with van der Waals surface area (Å²) in [6.45, 7) is 2.21. The third-order valence-electron chi connectivity index (χ3n) is 3.65. The molecule has 0 aromatic heterocycles. The molecule has 13 heavy (non-hydrogen) atoms. The van der Waals surface area contributed by atoms with Gasteiger partial charge in [-0.05, 0) is 38.0 Å². The van der Waals surface area contributed by atoms with Crippen molar-refractivity contribution < 1.29 is 5.11 Å². The summed E-state index contributed by atoms with van der Waals surface area (Å²) in [5.41, 5.74) is 2.98. The number of rotatable bonds is 2. The molecule has 0 heterocycles. The van der Waals surface area contributed by atoms with Crippen molar-refractivity contribution in [2.45, 2.75) is 38.7 Å². The van der Waals surface area contributed by atoms with Crippen LogP contribution in [0.3, 0.4) is 0 Å². The van der Waals surface area contributed by atoms with E-state index >= 15 is 0 Å². The highest BCUT2D eigenvalue weighted by Crippen LogP contribution is 2.49. The number of fused-ring (bicyclic) bond motifs is 2. The maximum Gasteiger partial charge on any atom is 0.118 e. The Balaban J connectivity index is 2.11. The number of allylic oxidation sites excluding steroid dienone is 1. The molecule has 3 atom stereocenters. The van der Waals surface area contributed by atoms with Crippen molar-refractivity contribution in [3.05, 3.63) is 11.1 Å². The molecule has 0 saturated heterocycles. The molecule has 0 spiro atoms. The van der Waals surface area contributed by atoms with Crippen LogP contribution in [0.15, 0.2) is 11.1 Å². The van der Waals surface area contributed by atoms with E-state index in [9.17, 15) is 5.11 Å². The Morgan fingerprint density at radius 3 is 2.77 bits per heavy atom. The molecular weight excluding hydrogens is 160 g/mol. The minimum Gasteiger partial charge on any atom is -0.380 e. The van der Waals surface area contributed by atoms with Crippen LogP contribution in [-0.2, 0) is 0 Å². The van der Waals surface area contributed by atoms with E-state index in [1.807, 2.05) is 0 Å². The maximum atomic E-state index is 9.39. The molecule has 2 aliphatic carbocycles. The van der Waals surface area contributed by atoms with Gasteiger partial charge < -0.3 is 5.11 Å². The minimum atomic E-state index is -0.565. The fraction of sp³-hybridized carbons (Fsp3) is 0.667. The van der Waals surface area contributed by atoms with Crippen molar-refractivity contribution in [2.24, 2.45) is 11.8 Å². The van der Waals surface area contributed by atoms with Gasteiger partial charge in [-0.15, -0.1) is 6.42 Å². The second-order valence-corrected chi connectivity index (χ2v) is 4.30.